The fraction of sp³-hybridized carbons (Fsp3) is 0.250. The Hall–Kier alpha value is -2.92. The summed E-state index contributed by atoms with van der Waals surface area (Å²) in [6.07, 6.45) is 0. The van der Waals surface area contributed by atoms with Gasteiger partial charge in [-0.3, -0.25) is 0 Å². The van der Waals surface area contributed by atoms with Crippen LogP contribution in [0.3, 0.4) is 0 Å². The van der Waals surface area contributed by atoms with E-state index in [9.17, 15) is 0 Å². The second-order valence-electron chi connectivity index (χ2n) is 7.13. The van der Waals surface area contributed by atoms with Crippen LogP contribution in [-0.2, 0) is 6.54 Å². The predicted molar refractivity (Wildman–Crippen MR) is 122 cm³/mol. The van der Waals surface area contributed by atoms with Gasteiger partial charge in [0.15, 0.2) is 0 Å². The Morgan fingerprint density at radius 2 is 1.66 bits per heavy atom. The maximum Gasteiger partial charge on any atom is 0.139 e. The first kappa shape index (κ1) is 19.4. The zero-order chi connectivity index (χ0) is 20.4. The molecule has 1 N–H and O–H groups in total. The van der Waals surface area contributed by atoms with Crippen molar-refractivity contribution in [1.82, 2.24) is 9.97 Å². The summed E-state index contributed by atoms with van der Waals surface area (Å²) in [6.45, 7) is 9.59. The molecule has 4 rings (SSSR count). The van der Waals surface area contributed by atoms with Crippen LogP contribution in [0.4, 0.5) is 5.82 Å². The van der Waals surface area contributed by atoms with Gasteiger partial charge in [-0.05, 0) is 51.0 Å². The third kappa shape index (κ3) is 4.10. The Kier molecular flexibility index (Phi) is 5.49. The summed E-state index contributed by atoms with van der Waals surface area (Å²) in [5, 5.41) is 4.64. The number of thiophene rings is 1. The second-order valence-corrected chi connectivity index (χ2v) is 8.33. The number of aromatic nitrogens is 2. The van der Waals surface area contributed by atoms with E-state index in [2.05, 4.69) is 55.6 Å². The zero-order valence-electron chi connectivity index (χ0n) is 17.2. The molecule has 0 saturated carbocycles. The number of ether oxygens (including phenoxy) is 1. The Morgan fingerprint density at radius 3 is 2.34 bits per heavy atom. The van der Waals surface area contributed by atoms with E-state index in [1.54, 1.807) is 11.3 Å². The minimum atomic E-state index is 0.667. The molecule has 5 heteroatoms. The maximum absolute atomic E-state index is 5.60. The van der Waals surface area contributed by atoms with Crippen LogP contribution in [0.2, 0.25) is 0 Å². The standard InChI is InChI=1S/C24H25N3OS/c1-5-28-20-12-10-19(11-13-20)21-16(3)29-24-22(21)23(26-17(4)27-24)25-14-18-8-6-15(2)7-9-18/h6-13H,5,14H2,1-4H3,(H,25,26,27). The molecule has 0 unspecified atom stereocenters. The van der Waals surface area contributed by atoms with Crippen LogP contribution in [-0.4, -0.2) is 16.6 Å². The molecule has 2 heterocycles. The molecule has 0 amide bonds. The molecular weight excluding hydrogens is 378 g/mol. The monoisotopic (exact) mass is 403 g/mol. The average Bonchev–Trinajstić information content (AvgIpc) is 3.04. The van der Waals surface area contributed by atoms with Crippen molar-refractivity contribution in [3.63, 3.8) is 0 Å². The molecule has 4 aromatic rings. The number of rotatable bonds is 6. The molecule has 0 aliphatic rings. The number of hydrogen-bond donors (Lipinski definition) is 1. The molecule has 0 saturated heterocycles. The largest absolute Gasteiger partial charge is 0.494 e. The van der Waals surface area contributed by atoms with E-state index >= 15 is 0 Å². The first-order valence-electron chi connectivity index (χ1n) is 9.85. The summed E-state index contributed by atoms with van der Waals surface area (Å²) in [5.74, 6) is 2.56. The lowest BCUT2D eigenvalue weighted by atomic mass is 10.0. The van der Waals surface area contributed by atoms with Gasteiger partial charge in [0.25, 0.3) is 0 Å². The molecule has 0 bridgehead atoms. The Labute approximate surface area is 175 Å². The van der Waals surface area contributed by atoms with Gasteiger partial charge in [-0.25, -0.2) is 9.97 Å². The number of aryl methyl sites for hydroxylation is 3. The van der Waals surface area contributed by atoms with Gasteiger partial charge in [0.05, 0.1) is 12.0 Å². The van der Waals surface area contributed by atoms with Gasteiger partial charge in [0.1, 0.15) is 22.2 Å². The van der Waals surface area contributed by atoms with Crippen molar-refractivity contribution in [1.29, 1.82) is 0 Å². The molecule has 0 radical (unpaired) electrons. The second kappa shape index (κ2) is 8.21. The van der Waals surface area contributed by atoms with Crippen LogP contribution >= 0.6 is 11.3 Å². The van der Waals surface area contributed by atoms with Gasteiger partial charge < -0.3 is 10.1 Å². The van der Waals surface area contributed by atoms with E-state index in [1.807, 2.05) is 26.0 Å². The Balaban J connectivity index is 1.75. The van der Waals surface area contributed by atoms with Crippen LogP contribution in [0, 0.1) is 20.8 Å². The average molecular weight is 404 g/mol. The molecule has 0 atom stereocenters. The summed E-state index contributed by atoms with van der Waals surface area (Å²) >= 11 is 1.72. The number of nitrogens with zero attached hydrogens (tertiary/aromatic N) is 2. The van der Waals surface area contributed by atoms with Gasteiger partial charge in [0.2, 0.25) is 0 Å². The first-order valence-corrected chi connectivity index (χ1v) is 10.7. The Morgan fingerprint density at radius 1 is 0.931 bits per heavy atom. The fourth-order valence-electron chi connectivity index (χ4n) is 3.47. The fourth-order valence-corrected chi connectivity index (χ4v) is 4.56. The molecule has 0 spiro atoms. The maximum atomic E-state index is 5.60. The normalized spacial score (nSPS) is 11.0. The summed E-state index contributed by atoms with van der Waals surface area (Å²) < 4.78 is 5.60. The highest BCUT2D eigenvalue weighted by molar-refractivity contribution is 7.19. The highest BCUT2D eigenvalue weighted by Crippen LogP contribution is 2.41. The van der Waals surface area contributed by atoms with Crippen molar-refractivity contribution in [2.75, 3.05) is 11.9 Å². The lowest BCUT2D eigenvalue weighted by Gasteiger charge is -2.11. The molecule has 4 nitrogen and oxygen atoms in total. The van der Waals surface area contributed by atoms with Crippen LogP contribution in [0.15, 0.2) is 48.5 Å². The number of benzene rings is 2. The zero-order valence-corrected chi connectivity index (χ0v) is 18.1. The lowest BCUT2D eigenvalue weighted by molar-refractivity contribution is 0.340. The Bertz CT molecular complexity index is 1130. The van der Waals surface area contributed by atoms with E-state index in [4.69, 9.17) is 14.7 Å². The van der Waals surface area contributed by atoms with Crippen molar-refractivity contribution in [3.8, 4) is 16.9 Å². The van der Waals surface area contributed by atoms with Gasteiger partial charge in [-0.15, -0.1) is 11.3 Å². The quantitative estimate of drug-likeness (QED) is 0.411. The van der Waals surface area contributed by atoms with Gasteiger partial charge in [-0.2, -0.15) is 0 Å². The summed E-state index contributed by atoms with van der Waals surface area (Å²) in [4.78, 5) is 11.7. The minimum Gasteiger partial charge on any atom is -0.494 e. The van der Waals surface area contributed by atoms with Crippen molar-refractivity contribution in [3.05, 3.63) is 70.4 Å². The molecule has 148 valence electrons. The number of anilines is 1. The summed E-state index contributed by atoms with van der Waals surface area (Å²) in [6, 6.07) is 16.9. The van der Waals surface area contributed by atoms with E-state index < -0.39 is 0 Å². The number of nitrogens with one attached hydrogen (secondary N) is 1. The van der Waals surface area contributed by atoms with Crippen molar-refractivity contribution in [2.45, 2.75) is 34.2 Å². The number of hydrogen-bond acceptors (Lipinski definition) is 5. The molecular formula is C24H25N3OS. The highest BCUT2D eigenvalue weighted by atomic mass is 32.1. The minimum absolute atomic E-state index is 0.667. The molecule has 0 aliphatic heterocycles. The van der Waals surface area contributed by atoms with E-state index in [0.29, 0.717) is 6.61 Å². The topological polar surface area (TPSA) is 47.0 Å². The van der Waals surface area contributed by atoms with Crippen LogP contribution < -0.4 is 10.1 Å². The van der Waals surface area contributed by atoms with Crippen LogP contribution in [0.1, 0.15) is 28.8 Å². The van der Waals surface area contributed by atoms with Crippen molar-refractivity contribution < 1.29 is 4.74 Å². The summed E-state index contributed by atoms with van der Waals surface area (Å²) in [7, 11) is 0. The van der Waals surface area contributed by atoms with Gasteiger partial charge in [-0.1, -0.05) is 42.0 Å². The summed E-state index contributed by atoms with van der Waals surface area (Å²) in [5.41, 5.74) is 4.84. The van der Waals surface area contributed by atoms with E-state index in [1.165, 1.54) is 21.6 Å². The number of fused-ring (bicyclic) bond motifs is 1. The molecule has 0 fully saturated rings. The predicted octanol–water partition coefficient (Wildman–Crippen LogP) is 6.29. The van der Waals surface area contributed by atoms with Gasteiger partial charge in [0, 0.05) is 17.0 Å². The van der Waals surface area contributed by atoms with Crippen LogP contribution in [0.25, 0.3) is 21.3 Å². The third-order valence-corrected chi connectivity index (χ3v) is 5.87. The van der Waals surface area contributed by atoms with Crippen molar-refractivity contribution >= 4 is 27.4 Å². The van der Waals surface area contributed by atoms with Gasteiger partial charge >= 0.3 is 0 Å². The molecule has 0 aliphatic carbocycles. The SMILES string of the molecule is CCOc1ccc(-c2c(C)sc3nc(C)nc(NCc4ccc(C)cc4)c23)cc1. The highest BCUT2D eigenvalue weighted by Gasteiger charge is 2.18. The molecule has 29 heavy (non-hydrogen) atoms. The lowest BCUT2D eigenvalue weighted by Crippen LogP contribution is -2.04. The smallest absolute Gasteiger partial charge is 0.139 e. The first-order chi connectivity index (χ1) is 14.0. The van der Waals surface area contributed by atoms with E-state index in [-0.39, 0.29) is 0 Å². The third-order valence-electron chi connectivity index (χ3n) is 4.87. The molecule has 2 aromatic carbocycles. The van der Waals surface area contributed by atoms with Crippen LogP contribution in [0.5, 0.6) is 5.75 Å². The van der Waals surface area contributed by atoms with E-state index in [0.717, 1.165) is 39.7 Å². The van der Waals surface area contributed by atoms with Crippen molar-refractivity contribution in [2.24, 2.45) is 0 Å². The molecule has 2 aromatic heterocycles.